The lowest BCUT2D eigenvalue weighted by Gasteiger charge is -2.40. The van der Waals surface area contributed by atoms with E-state index in [1.54, 1.807) is 0 Å². The van der Waals surface area contributed by atoms with Crippen LogP contribution in [0.25, 0.3) is 0 Å². The third-order valence-electron chi connectivity index (χ3n) is 3.31. The molecule has 0 bridgehead atoms. The van der Waals surface area contributed by atoms with Crippen molar-refractivity contribution in [1.82, 2.24) is 4.90 Å². The minimum Gasteiger partial charge on any atom is -0.365 e. The van der Waals surface area contributed by atoms with E-state index in [0.29, 0.717) is 11.9 Å². The molecule has 1 aromatic rings. The van der Waals surface area contributed by atoms with Crippen molar-refractivity contribution < 1.29 is 0 Å². The molecule has 17 heavy (non-hydrogen) atoms. The Labute approximate surface area is 113 Å². The van der Waals surface area contributed by atoms with Crippen LogP contribution in [0.1, 0.15) is 12.5 Å². The van der Waals surface area contributed by atoms with Crippen LogP contribution in [0.5, 0.6) is 0 Å². The molecule has 1 unspecified atom stereocenters. The fraction of sp³-hybridized carbons (Fsp3) is 0.538. The summed E-state index contributed by atoms with van der Waals surface area (Å²) in [5, 5.41) is 0.805. The summed E-state index contributed by atoms with van der Waals surface area (Å²) < 4.78 is 0. The predicted octanol–water partition coefficient (Wildman–Crippen LogP) is 3.22. The van der Waals surface area contributed by atoms with Crippen molar-refractivity contribution in [3.8, 4) is 0 Å². The maximum Gasteiger partial charge on any atom is 0.0642 e. The molecular weight excluding hydrogens is 255 g/mol. The molecule has 1 aliphatic heterocycles. The average Bonchev–Trinajstić information content (AvgIpc) is 2.30. The largest absolute Gasteiger partial charge is 0.365 e. The Balaban J connectivity index is 2.22. The first-order chi connectivity index (χ1) is 8.11. The molecule has 0 aromatic heterocycles. The van der Waals surface area contributed by atoms with E-state index in [1.807, 2.05) is 6.07 Å². The Morgan fingerprint density at radius 3 is 2.71 bits per heavy atom. The second-order valence-corrected chi connectivity index (χ2v) is 5.40. The lowest BCUT2D eigenvalue weighted by Crippen LogP contribution is -2.50. The van der Waals surface area contributed by atoms with Crippen LogP contribution >= 0.6 is 23.2 Å². The number of hydrogen-bond acceptors (Lipinski definition) is 2. The molecule has 1 aromatic carbocycles. The zero-order chi connectivity index (χ0) is 12.4. The number of hydrogen-bond donors (Lipinski definition) is 0. The maximum atomic E-state index is 6.33. The lowest BCUT2D eigenvalue weighted by atomic mass is 10.1. The molecule has 0 spiro atoms. The topological polar surface area (TPSA) is 6.48 Å². The highest BCUT2D eigenvalue weighted by Gasteiger charge is 2.23. The van der Waals surface area contributed by atoms with Crippen molar-refractivity contribution in [2.24, 2.45) is 0 Å². The van der Waals surface area contributed by atoms with E-state index >= 15 is 0 Å². The normalized spacial score (nSPS) is 21.9. The third kappa shape index (κ3) is 2.87. The molecule has 2 nitrogen and oxygen atoms in total. The Morgan fingerprint density at radius 1 is 1.35 bits per heavy atom. The number of piperazine rings is 1. The number of alkyl halides is 1. The van der Waals surface area contributed by atoms with Crippen molar-refractivity contribution in [2.45, 2.75) is 18.8 Å². The standard InChI is InChI=1S/C13H18Cl2N2/c1-10-9-16(2)5-6-17(10)13-4-3-11(8-14)7-12(13)15/h3-4,7,10H,5-6,8-9H2,1-2H3. The fourth-order valence-electron chi connectivity index (χ4n) is 2.36. The van der Waals surface area contributed by atoms with Crippen LogP contribution in [0.3, 0.4) is 0 Å². The minimum absolute atomic E-state index is 0.494. The SMILES string of the molecule is CC1CN(C)CCN1c1ccc(CCl)cc1Cl. The minimum atomic E-state index is 0.494. The highest BCUT2D eigenvalue weighted by molar-refractivity contribution is 6.33. The van der Waals surface area contributed by atoms with E-state index in [4.69, 9.17) is 23.2 Å². The highest BCUT2D eigenvalue weighted by atomic mass is 35.5. The molecule has 0 radical (unpaired) electrons. The predicted molar refractivity (Wildman–Crippen MR) is 75.3 cm³/mol. The van der Waals surface area contributed by atoms with Gasteiger partial charge in [0.1, 0.15) is 0 Å². The van der Waals surface area contributed by atoms with Gasteiger partial charge < -0.3 is 9.80 Å². The van der Waals surface area contributed by atoms with Gasteiger partial charge in [-0.25, -0.2) is 0 Å². The molecule has 1 fully saturated rings. The van der Waals surface area contributed by atoms with E-state index < -0.39 is 0 Å². The smallest absolute Gasteiger partial charge is 0.0642 e. The second-order valence-electron chi connectivity index (χ2n) is 4.72. The summed E-state index contributed by atoms with van der Waals surface area (Å²) in [6.45, 7) is 5.42. The Hall–Kier alpha value is -0.440. The first-order valence-electron chi connectivity index (χ1n) is 5.91. The van der Waals surface area contributed by atoms with Gasteiger partial charge in [0.2, 0.25) is 0 Å². The molecule has 0 N–H and O–H groups in total. The molecule has 1 saturated heterocycles. The monoisotopic (exact) mass is 272 g/mol. The number of anilines is 1. The van der Waals surface area contributed by atoms with Gasteiger partial charge >= 0.3 is 0 Å². The molecule has 1 aliphatic rings. The molecule has 94 valence electrons. The Morgan fingerprint density at radius 2 is 2.12 bits per heavy atom. The average molecular weight is 273 g/mol. The number of benzene rings is 1. The zero-order valence-electron chi connectivity index (χ0n) is 10.3. The van der Waals surface area contributed by atoms with E-state index in [1.165, 1.54) is 0 Å². The summed E-state index contributed by atoms with van der Waals surface area (Å²) >= 11 is 12.1. The van der Waals surface area contributed by atoms with Crippen LogP contribution < -0.4 is 4.90 Å². The fourth-order valence-corrected chi connectivity index (χ4v) is 2.84. The molecule has 2 rings (SSSR count). The second kappa shape index (κ2) is 5.47. The van der Waals surface area contributed by atoms with Crippen molar-refractivity contribution in [3.63, 3.8) is 0 Å². The van der Waals surface area contributed by atoms with E-state index in [0.717, 1.165) is 35.9 Å². The van der Waals surface area contributed by atoms with Gasteiger partial charge in [0, 0.05) is 31.6 Å². The van der Waals surface area contributed by atoms with Gasteiger partial charge in [0.25, 0.3) is 0 Å². The molecule has 1 atom stereocenters. The van der Waals surface area contributed by atoms with Crippen LogP contribution in [0.4, 0.5) is 5.69 Å². The molecule has 0 amide bonds. The summed E-state index contributed by atoms with van der Waals surface area (Å²) in [5.41, 5.74) is 2.20. The van der Waals surface area contributed by atoms with Crippen molar-refractivity contribution >= 4 is 28.9 Å². The Kier molecular flexibility index (Phi) is 4.18. The van der Waals surface area contributed by atoms with Gasteiger partial charge in [-0.1, -0.05) is 17.7 Å². The van der Waals surface area contributed by atoms with Gasteiger partial charge in [-0.3, -0.25) is 0 Å². The quantitative estimate of drug-likeness (QED) is 0.763. The summed E-state index contributed by atoms with van der Waals surface area (Å²) in [6.07, 6.45) is 0. The molecule has 0 aliphatic carbocycles. The van der Waals surface area contributed by atoms with Gasteiger partial charge in [-0.15, -0.1) is 11.6 Å². The summed E-state index contributed by atoms with van der Waals surface area (Å²) in [5.74, 6) is 0.512. The highest BCUT2D eigenvalue weighted by Crippen LogP contribution is 2.30. The Bertz CT molecular complexity index is 395. The lowest BCUT2D eigenvalue weighted by molar-refractivity contribution is 0.275. The third-order valence-corrected chi connectivity index (χ3v) is 3.92. The first kappa shape index (κ1) is 13.0. The van der Waals surface area contributed by atoms with Crippen LogP contribution in [-0.4, -0.2) is 37.6 Å². The maximum absolute atomic E-state index is 6.33. The van der Waals surface area contributed by atoms with Crippen molar-refractivity contribution in [1.29, 1.82) is 0 Å². The molecular formula is C13H18Cl2N2. The van der Waals surface area contributed by atoms with Gasteiger partial charge in [0.15, 0.2) is 0 Å². The van der Waals surface area contributed by atoms with Gasteiger partial charge in [-0.05, 0) is 31.7 Å². The molecule has 0 saturated carbocycles. The number of likely N-dealkylation sites (N-methyl/N-ethyl adjacent to an activating group) is 1. The summed E-state index contributed by atoms with van der Waals surface area (Å²) in [4.78, 5) is 4.72. The van der Waals surface area contributed by atoms with Gasteiger partial charge in [-0.2, -0.15) is 0 Å². The molecule has 1 heterocycles. The van der Waals surface area contributed by atoms with Crippen LogP contribution in [-0.2, 0) is 5.88 Å². The van der Waals surface area contributed by atoms with E-state index in [9.17, 15) is 0 Å². The van der Waals surface area contributed by atoms with Crippen LogP contribution in [0.2, 0.25) is 5.02 Å². The number of halogens is 2. The van der Waals surface area contributed by atoms with Crippen LogP contribution in [0.15, 0.2) is 18.2 Å². The van der Waals surface area contributed by atoms with E-state index in [-0.39, 0.29) is 0 Å². The summed E-state index contributed by atoms with van der Waals surface area (Å²) in [7, 11) is 2.16. The summed E-state index contributed by atoms with van der Waals surface area (Å²) in [6, 6.07) is 6.60. The van der Waals surface area contributed by atoms with Crippen LogP contribution in [0, 0.1) is 0 Å². The van der Waals surface area contributed by atoms with E-state index in [2.05, 4.69) is 35.9 Å². The first-order valence-corrected chi connectivity index (χ1v) is 6.82. The van der Waals surface area contributed by atoms with Gasteiger partial charge in [0.05, 0.1) is 10.7 Å². The number of nitrogens with zero attached hydrogens (tertiary/aromatic N) is 2. The zero-order valence-corrected chi connectivity index (χ0v) is 11.8. The molecule has 4 heteroatoms. The van der Waals surface area contributed by atoms with Crippen molar-refractivity contribution in [3.05, 3.63) is 28.8 Å². The number of rotatable bonds is 2. The van der Waals surface area contributed by atoms with Crippen molar-refractivity contribution in [2.75, 3.05) is 31.6 Å².